The van der Waals surface area contributed by atoms with E-state index in [2.05, 4.69) is 0 Å². The lowest BCUT2D eigenvalue weighted by Gasteiger charge is -2.28. The molecule has 0 saturated heterocycles. The third-order valence-corrected chi connectivity index (χ3v) is 7.44. The van der Waals surface area contributed by atoms with E-state index in [4.69, 9.17) is 33.4 Å². The molecule has 4 aromatic rings. The van der Waals surface area contributed by atoms with Crippen LogP contribution >= 0.6 is 23.2 Å². The van der Waals surface area contributed by atoms with E-state index in [0.29, 0.717) is 22.8 Å². The number of rotatable bonds is 11. The molecule has 0 radical (unpaired) electrons. The molecule has 3 aromatic carbocycles. The van der Waals surface area contributed by atoms with Crippen molar-refractivity contribution < 1.29 is 27.0 Å². The number of halogens is 2. The predicted molar refractivity (Wildman–Crippen MR) is 153 cm³/mol. The topological polar surface area (TPSA) is 134 Å². The molecule has 0 fully saturated rings. The number of nitrogens with two attached hydrogens (primary N) is 1. The molecular weight excluding hydrogens is 577 g/mol. The molecule has 1 heterocycles. The van der Waals surface area contributed by atoms with Gasteiger partial charge in [-0.15, -0.1) is 0 Å². The van der Waals surface area contributed by atoms with Gasteiger partial charge in [-0.25, -0.2) is 4.31 Å². The summed E-state index contributed by atoms with van der Waals surface area (Å²) in [7, 11) is -4.84. The summed E-state index contributed by atoms with van der Waals surface area (Å²) in [6, 6.07) is 20.7. The maximum absolute atomic E-state index is 13.6. The second-order valence-electron chi connectivity index (χ2n) is 8.87. The van der Waals surface area contributed by atoms with E-state index in [1.165, 1.54) is 41.5 Å². The molecule has 9 nitrogen and oxygen atoms in total. The van der Waals surface area contributed by atoms with Crippen LogP contribution in [-0.4, -0.2) is 29.7 Å². The van der Waals surface area contributed by atoms with Crippen LogP contribution in [0.1, 0.15) is 33.7 Å². The number of amides is 2. The van der Waals surface area contributed by atoms with Crippen molar-refractivity contribution in [3.05, 3.63) is 118 Å². The van der Waals surface area contributed by atoms with Crippen LogP contribution in [0.25, 0.3) is 0 Å². The van der Waals surface area contributed by atoms with E-state index < -0.39 is 22.1 Å². The van der Waals surface area contributed by atoms with Crippen LogP contribution in [0, 0.1) is 0 Å². The van der Waals surface area contributed by atoms with Crippen molar-refractivity contribution >= 4 is 56.7 Å². The summed E-state index contributed by atoms with van der Waals surface area (Å²) in [4.78, 5) is 26.2. The van der Waals surface area contributed by atoms with Gasteiger partial charge >= 0.3 is 10.3 Å². The van der Waals surface area contributed by atoms with Gasteiger partial charge in [-0.3, -0.25) is 14.1 Å². The summed E-state index contributed by atoms with van der Waals surface area (Å²) in [6.45, 7) is -0.0627. The van der Waals surface area contributed by atoms with E-state index in [1.54, 1.807) is 48.5 Å². The second-order valence-corrected chi connectivity index (χ2v) is 11.0. The number of hydrogen-bond acceptors (Lipinski definition) is 5. The molecule has 1 aromatic heterocycles. The summed E-state index contributed by atoms with van der Waals surface area (Å²) in [5.74, 6) is -0.396. The first-order valence-electron chi connectivity index (χ1n) is 12.0. The Morgan fingerprint density at radius 1 is 0.925 bits per heavy atom. The molecular formula is C28H25Cl2N3O6S. The number of benzene rings is 3. The zero-order valence-electron chi connectivity index (χ0n) is 21.0. The second kappa shape index (κ2) is 12.6. The molecule has 0 aliphatic carbocycles. The lowest BCUT2D eigenvalue weighted by atomic mass is 10.1. The highest BCUT2D eigenvalue weighted by Gasteiger charge is 2.27. The number of primary amides is 1. The maximum Gasteiger partial charge on any atom is 0.364 e. The zero-order valence-corrected chi connectivity index (χ0v) is 23.4. The van der Waals surface area contributed by atoms with Crippen LogP contribution in [0.5, 0.6) is 0 Å². The van der Waals surface area contributed by atoms with E-state index >= 15 is 0 Å². The molecule has 0 bridgehead atoms. The van der Waals surface area contributed by atoms with Gasteiger partial charge in [-0.2, -0.15) is 8.42 Å². The minimum atomic E-state index is -4.84. The van der Waals surface area contributed by atoms with Crippen LogP contribution in [0.3, 0.4) is 0 Å². The van der Waals surface area contributed by atoms with Crippen molar-refractivity contribution in [1.29, 1.82) is 0 Å². The smallest absolute Gasteiger partial charge is 0.364 e. The normalized spacial score (nSPS) is 11.3. The lowest BCUT2D eigenvalue weighted by Crippen LogP contribution is -2.32. The number of hydrogen-bond donors (Lipinski definition) is 2. The van der Waals surface area contributed by atoms with Crippen molar-refractivity contribution in [2.45, 2.75) is 25.9 Å². The highest BCUT2D eigenvalue weighted by atomic mass is 35.5. The Labute approximate surface area is 241 Å². The molecule has 0 unspecified atom stereocenters. The molecule has 0 aliphatic heterocycles. The summed E-state index contributed by atoms with van der Waals surface area (Å²) in [5, 5.41) is 0.540. The molecule has 0 saturated carbocycles. The fraction of sp³-hybridized carbons (Fsp3) is 0.143. The van der Waals surface area contributed by atoms with Crippen molar-refractivity contribution in [3.63, 3.8) is 0 Å². The van der Waals surface area contributed by atoms with E-state index in [9.17, 15) is 22.6 Å². The Morgan fingerprint density at radius 3 is 2.27 bits per heavy atom. The standard InChI is InChI=1S/C28H25Cl2N3O6S/c29-21-10-13-26(33(40(36,37)38)22-11-7-19(8-12-22)9-14-27(31)34)20(16-21)17-32(18-23-4-3-15-39-23)28(35)24-5-1-2-6-25(24)30/h1-8,10-13,15-16H,9,14,17-18H2,(H2,31,34)(H,36,37,38). The van der Waals surface area contributed by atoms with Gasteiger partial charge in [0.15, 0.2) is 0 Å². The van der Waals surface area contributed by atoms with Gasteiger partial charge in [-0.1, -0.05) is 47.5 Å². The van der Waals surface area contributed by atoms with Gasteiger partial charge in [-0.05, 0) is 72.1 Å². The molecule has 3 N–H and O–H groups in total. The summed E-state index contributed by atoms with van der Waals surface area (Å²) in [5.41, 5.74) is 6.75. The van der Waals surface area contributed by atoms with Crippen molar-refractivity contribution in [1.82, 2.24) is 4.90 Å². The van der Waals surface area contributed by atoms with Gasteiger partial charge < -0.3 is 15.1 Å². The third kappa shape index (κ3) is 7.22. The summed E-state index contributed by atoms with van der Waals surface area (Å²) < 4.78 is 41.9. The van der Waals surface area contributed by atoms with Crippen LogP contribution in [0.4, 0.5) is 11.4 Å². The highest BCUT2D eigenvalue weighted by Crippen LogP contribution is 2.35. The minimum Gasteiger partial charge on any atom is -0.467 e. The first kappa shape index (κ1) is 29.2. The number of carbonyl (C=O) groups is 2. The average molecular weight is 602 g/mol. The van der Waals surface area contributed by atoms with Crippen LogP contribution in [-0.2, 0) is 34.6 Å². The van der Waals surface area contributed by atoms with Crippen LogP contribution in [0.15, 0.2) is 89.5 Å². The van der Waals surface area contributed by atoms with Crippen molar-refractivity contribution in [3.8, 4) is 0 Å². The Kier molecular flexibility index (Phi) is 9.16. The molecule has 4 rings (SSSR count). The van der Waals surface area contributed by atoms with Gasteiger partial charge in [0.25, 0.3) is 5.91 Å². The largest absolute Gasteiger partial charge is 0.467 e. The van der Waals surface area contributed by atoms with E-state index in [0.717, 1.165) is 9.87 Å². The van der Waals surface area contributed by atoms with Gasteiger partial charge in [0.2, 0.25) is 5.91 Å². The van der Waals surface area contributed by atoms with Gasteiger partial charge in [0.1, 0.15) is 5.76 Å². The quantitative estimate of drug-likeness (QED) is 0.209. The SMILES string of the molecule is NC(=O)CCc1ccc(N(c2ccc(Cl)cc2CN(Cc2ccco2)C(=O)c2ccccc2Cl)S(=O)(=O)O)cc1. The number of furan rings is 1. The molecule has 2 amide bonds. The fourth-order valence-electron chi connectivity index (χ4n) is 4.14. The van der Waals surface area contributed by atoms with Crippen LogP contribution < -0.4 is 10.0 Å². The number of carbonyl (C=O) groups excluding carboxylic acids is 2. The maximum atomic E-state index is 13.6. The summed E-state index contributed by atoms with van der Waals surface area (Å²) in [6.07, 6.45) is 1.98. The molecule has 0 aliphatic rings. The number of aryl methyl sites for hydroxylation is 1. The first-order valence-corrected chi connectivity index (χ1v) is 14.2. The van der Waals surface area contributed by atoms with Crippen molar-refractivity contribution in [2.24, 2.45) is 5.73 Å². The lowest BCUT2D eigenvalue weighted by molar-refractivity contribution is -0.118. The molecule has 0 atom stereocenters. The summed E-state index contributed by atoms with van der Waals surface area (Å²) >= 11 is 12.6. The first-order chi connectivity index (χ1) is 19.0. The zero-order chi connectivity index (χ0) is 28.9. The molecule has 0 spiro atoms. The van der Waals surface area contributed by atoms with Gasteiger partial charge in [0.05, 0.1) is 34.8 Å². The number of anilines is 2. The molecule has 208 valence electrons. The van der Waals surface area contributed by atoms with Crippen molar-refractivity contribution in [2.75, 3.05) is 4.31 Å². The number of nitrogens with zero attached hydrogens (tertiary/aromatic N) is 2. The minimum absolute atomic E-state index is 0.0451. The van der Waals surface area contributed by atoms with E-state index in [1.807, 2.05) is 0 Å². The Hall–Kier alpha value is -3.83. The Morgan fingerprint density at radius 2 is 1.65 bits per heavy atom. The molecule has 40 heavy (non-hydrogen) atoms. The Balaban J connectivity index is 1.75. The molecule has 12 heteroatoms. The predicted octanol–water partition coefficient (Wildman–Crippen LogP) is 5.79. The average Bonchev–Trinajstić information content (AvgIpc) is 3.41. The third-order valence-electron chi connectivity index (χ3n) is 6.00. The van der Waals surface area contributed by atoms with E-state index in [-0.39, 0.29) is 41.5 Å². The van der Waals surface area contributed by atoms with Crippen LogP contribution in [0.2, 0.25) is 10.0 Å². The Bertz CT molecular complexity index is 1610. The monoisotopic (exact) mass is 601 g/mol. The fourth-order valence-corrected chi connectivity index (χ4v) is 5.37. The van der Waals surface area contributed by atoms with Gasteiger partial charge in [0, 0.05) is 18.0 Å². The highest BCUT2D eigenvalue weighted by molar-refractivity contribution is 7.87.